The van der Waals surface area contributed by atoms with Crippen LogP contribution in [0.4, 0.5) is 0 Å². The molecule has 1 fully saturated rings. The van der Waals surface area contributed by atoms with Gasteiger partial charge in [-0.25, -0.2) is 13.2 Å². The van der Waals surface area contributed by atoms with Crippen LogP contribution in [0.25, 0.3) is 11.2 Å². The molecule has 30 heavy (non-hydrogen) atoms. The predicted molar refractivity (Wildman–Crippen MR) is 116 cm³/mol. The van der Waals surface area contributed by atoms with Gasteiger partial charge in [-0.1, -0.05) is 27.8 Å². The van der Waals surface area contributed by atoms with E-state index in [0.717, 1.165) is 27.4 Å². The molecule has 3 aromatic rings. The monoisotopic (exact) mass is 490 g/mol. The maximum atomic E-state index is 12.8. The Hall–Kier alpha value is -2.64. The molecule has 0 bridgehead atoms. The van der Waals surface area contributed by atoms with Gasteiger partial charge in [0.2, 0.25) is 15.0 Å². The van der Waals surface area contributed by atoms with Crippen LogP contribution in [0, 0.1) is 17.8 Å². The molecule has 1 aliphatic rings. The van der Waals surface area contributed by atoms with E-state index in [9.17, 15) is 18.0 Å². The normalized spacial score (nSPS) is 14.0. The first-order chi connectivity index (χ1) is 14.2. The van der Waals surface area contributed by atoms with E-state index >= 15 is 0 Å². The van der Waals surface area contributed by atoms with Crippen LogP contribution in [0.1, 0.15) is 18.4 Å². The first-order valence-corrected chi connectivity index (χ1v) is 11.8. The molecule has 8 nitrogen and oxygen atoms in total. The van der Waals surface area contributed by atoms with Gasteiger partial charge in [-0.05, 0) is 43.0 Å². The number of imidazole rings is 1. The van der Waals surface area contributed by atoms with Crippen molar-refractivity contribution in [3.05, 3.63) is 55.1 Å². The van der Waals surface area contributed by atoms with E-state index in [2.05, 4.69) is 32.8 Å². The first kappa shape index (κ1) is 20.6. The van der Waals surface area contributed by atoms with E-state index in [1.54, 1.807) is 0 Å². The number of halogens is 1. The number of nitrogens with zero attached hydrogens (tertiary/aromatic N) is 4. The summed E-state index contributed by atoms with van der Waals surface area (Å²) in [4.78, 5) is 29.6. The number of hydrogen-bond acceptors (Lipinski definition) is 5. The van der Waals surface area contributed by atoms with Crippen molar-refractivity contribution in [2.75, 3.05) is 5.75 Å². The van der Waals surface area contributed by atoms with Crippen LogP contribution in [0.3, 0.4) is 0 Å². The fourth-order valence-corrected chi connectivity index (χ4v) is 5.35. The lowest BCUT2D eigenvalue weighted by molar-refractivity contribution is 0.576. The van der Waals surface area contributed by atoms with Gasteiger partial charge in [0.15, 0.2) is 11.2 Å². The zero-order valence-electron chi connectivity index (χ0n) is 16.4. The predicted octanol–water partition coefficient (Wildman–Crippen LogP) is 1.43. The fraction of sp³-hybridized carbons (Fsp3) is 0.350. The number of rotatable bonds is 4. The molecule has 1 saturated carbocycles. The summed E-state index contributed by atoms with van der Waals surface area (Å²) in [5.74, 6) is 6.01. The van der Waals surface area contributed by atoms with E-state index in [0.29, 0.717) is 0 Å². The Bertz CT molecular complexity index is 1430. The van der Waals surface area contributed by atoms with E-state index in [4.69, 9.17) is 0 Å². The average molecular weight is 491 g/mol. The van der Waals surface area contributed by atoms with Crippen molar-refractivity contribution in [3.63, 3.8) is 0 Å². The molecular weight excluding hydrogens is 472 g/mol. The molecule has 0 radical (unpaired) electrons. The molecule has 0 N–H and O–H groups in total. The molecule has 2 heterocycles. The smallest absolute Gasteiger partial charge is 0.312 e. The number of benzene rings is 1. The number of fused-ring (bicyclic) bond motifs is 1. The lowest BCUT2D eigenvalue weighted by Gasteiger charge is -2.06. The Morgan fingerprint density at radius 1 is 1.13 bits per heavy atom. The van der Waals surface area contributed by atoms with Gasteiger partial charge in [0.1, 0.15) is 0 Å². The van der Waals surface area contributed by atoms with Crippen LogP contribution < -0.4 is 11.2 Å². The summed E-state index contributed by atoms with van der Waals surface area (Å²) in [7, 11) is -0.828. The lowest BCUT2D eigenvalue weighted by atomic mass is 10.2. The molecule has 1 aliphatic carbocycles. The Labute approximate surface area is 181 Å². The number of hydrogen-bond donors (Lipinski definition) is 0. The van der Waals surface area contributed by atoms with Crippen LogP contribution in [0.2, 0.25) is 0 Å². The second kappa shape index (κ2) is 7.56. The highest BCUT2D eigenvalue weighted by atomic mass is 79.9. The quantitative estimate of drug-likeness (QED) is 0.515. The van der Waals surface area contributed by atoms with Crippen LogP contribution in [0.5, 0.6) is 0 Å². The highest BCUT2D eigenvalue weighted by Crippen LogP contribution is 2.32. The fourth-order valence-electron chi connectivity index (χ4n) is 3.25. The molecule has 0 aliphatic heterocycles. The molecule has 10 heteroatoms. The Morgan fingerprint density at radius 2 is 1.80 bits per heavy atom. The second-order valence-electron chi connectivity index (χ2n) is 7.39. The molecule has 0 amide bonds. The van der Waals surface area contributed by atoms with Crippen molar-refractivity contribution in [1.29, 1.82) is 0 Å². The van der Waals surface area contributed by atoms with Gasteiger partial charge in [0.05, 0.1) is 12.3 Å². The van der Waals surface area contributed by atoms with E-state index in [-0.39, 0.29) is 34.5 Å². The molecule has 2 aromatic heterocycles. The first-order valence-electron chi connectivity index (χ1n) is 9.32. The largest absolute Gasteiger partial charge is 0.333 e. The molecule has 0 unspecified atom stereocenters. The third kappa shape index (κ3) is 3.75. The molecule has 0 saturated heterocycles. The molecule has 1 aromatic carbocycles. The highest BCUT2D eigenvalue weighted by Gasteiger charge is 2.33. The van der Waals surface area contributed by atoms with Gasteiger partial charge < -0.3 is 4.57 Å². The van der Waals surface area contributed by atoms with Crippen molar-refractivity contribution in [2.45, 2.75) is 24.5 Å². The Kier molecular flexibility index (Phi) is 5.20. The zero-order valence-corrected chi connectivity index (χ0v) is 18.8. The molecule has 0 spiro atoms. The SMILES string of the molecule is Cn1c(=O)c2c(nc(S(=O)(=O)CC3CC3)n2C)n(CC#Cc2ccc(Br)cc2)c1=O. The van der Waals surface area contributed by atoms with Crippen molar-refractivity contribution in [1.82, 2.24) is 18.7 Å². The molecular formula is C20H19BrN4O4S. The third-order valence-electron chi connectivity index (χ3n) is 5.06. The molecule has 156 valence electrons. The maximum absolute atomic E-state index is 12.8. The Balaban J connectivity index is 1.83. The lowest BCUT2D eigenvalue weighted by Crippen LogP contribution is -2.38. The summed E-state index contributed by atoms with van der Waals surface area (Å²) in [5.41, 5.74) is -0.320. The van der Waals surface area contributed by atoms with Gasteiger partial charge in [0, 0.05) is 24.1 Å². The number of aromatic nitrogens is 4. The maximum Gasteiger partial charge on any atom is 0.333 e. The second-order valence-corrected chi connectivity index (χ2v) is 10.2. The van der Waals surface area contributed by atoms with Crippen molar-refractivity contribution in [3.8, 4) is 11.8 Å². The standard InChI is InChI=1S/C20H19BrN4O4S/c1-23-16-17(22-19(23)30(28,29)12-14-5-6-14)25(20(27)24(2)18(16)26)11-3-4-13-7-9-15(21)10-8-13/h7-10,14H,5-6,11-12H2,1-2H3. The van der Waals surface area contributed by atoms with Crippen LogP contribution in [0.15, 0.2) is 43.5 Å². The zero-order chi connectivity index (χ0) is 21.6. The van der Waals surface area contributed by atoms with Crippen LogP contribution in [-0.4, -0.2) is 32.9 Å². The molecule has 4 rings (SSSR count). The van der Waals surface area contributed by atoms with Gasteiger partial charge in [-0.3, -0.25) is 13.9 Å². The minimum absolute atomic E-state index is 0.00190. The summed E-state index contributed by atoms with van der Waals surface area (Å²) in [6, 6.07) is 7.38. The topological polar surface area (TPSA) is 96.0 Å². The van der Waals surface area contributed by atoms with Gasteiger partial charge >= 0.3 is 5.69 Å². The summed E-state index contributed by atoms with van der Waals surface area (Å²) in [5, 5.41) is -0.193. The van der Waals surface area contributed by atoms with Gasteiger partial charge in [-0.15, -0.1) is 0 Å². The van der Waals surface area contributed by atoms with Crippen molar-refractivity contribution < 1.29 is 8.42 Å². The minimum Gasteiger partial charge on any atom is -0.312 e. The number of sulfone groups is 1. The summed E-state index contributed by atoms with van der Waals surface area (Å²) < 4.78 is 29.9. The highest BCUT2D eigenvalue weighted by molar-refractivity contribution is 9.10. The van der Waals surface area contributed by atoms with Gasteiger partial charge in [0.25, 0.3) is 5.56 Å². The number of aryl methyl sites for hydroxylation is 1. The summed E-state index contributed by atoms with van der Waals surface area (Å²) >= 11 is 3.36. The summed E-state index contributed by atoms with van der Waals surface area (Å²) in [6.45, 7) is -0.0291. The van der Waals surface area contributed by atoms with Crippen LogP contribution in [-0.2, 0) is 30.5 Å². The third-order valence-corrected chi connectivity index (χ3v) is 7.42. The van der Waals surface area contributed by atoms with Crippen LogP contribution >= 0.6 is 15.9 Å². The van der Waals surface area contributed by atoms with Crippen molar-refractivity contribution in [2.24, 2.45) is 20.0 Å². The average Bonchev–Trinajstić information content (AvgIpc) is 3.43. The molecule has 0 atom stereocenters. The van der Waals surface area contributed by atoms with Crippen molar-refractivity contribution >= 4 is 36.9 Å². The Morgan fingerprint density at radius 3 is 2.43 bits per heavy atom. The minimum atomic E-state index is -3.67. The van der Waals surface area contributed by atoms with E-state index in [1.165, 1.54) is 23.2 Å². The van der Waals surface area contributed by atoms with E-state index in [1.807, 2.05) is 24.3 Å². The summed E-state index contributed by atoms with van der Waals surface area (Å²) in [6.07, 6.45) is 1.75. The van der Waals surface area contributed by atoms with E-state index < -0.39 is 21.1 Å². The van der Waals surface area contributed by atoms with Gasteiger partial charge in [-0.2, -0.15) is 4.98 Å².